The van der Waals surface area contributed by atoms with Crippen molar-refractivity contribution in [3.05, 3.63) is 47.8 Å². The molecule has 21 heavy (non-hydrogen) atoms. The van der Waals surface area contributed by atoms with E-state index >= 15 is 0 Å². The lowest BCUT2D eigenvalue weighted by Gasteiger charge is -2.17. The minimum Gasteiger partial charge on any atom is -0.484 e. The summed E-state index contributed by atoms with van der Waals surface area (Å²) in [5, 5.41) is 6.59. The molecule has 1 N–H and O–H groups in total. The lowest BCUT2D eigenvalue weighted by molar-refractivity contribution is -0.132. The number of amides is 1. The molecule has 112 valence electrons. The first kappa shape index (κ1) is 15.1. The fourth-order valence-electron chi connectivity index (χ4n) is 1.94. The van der Waals surface area contributed by atoms with Crippen LogP contribution in [0, 0.1) is 0 Å². The largest absolute Gasteiger partial charge is 0.484 e. The predicted octanol–water partition coefficient (Wildman–Crippen LogP) is 2.57. The van der Waals surface area contributed by atoms with Crippen LogP contribution in [0.4, 0.5) is 0 Å². The first-order valence-electron chi connectivity index (χ1n) is 7.00. The van der Waals surface area contributed by atoms with E-state index in [9.17, 15) is 4.79 Å². The van der Waals surface area contributed by atoms with Gasteiger partial charge >= 0.3 is 0 Å². The fourth-order valence-corrected chi connectivity index (χ4v) is 1.94. The van der Waals surface area contributed by atoms with Crippen molar-refractivity contribution in [1.82, 2.24) is 15.1 Å². The number of carbonyl (C=O) groups is 1. The van der Waals surface area contributed by atoms with Gasteiger partial charge in [0.2, 0.25) is 0 Å². The molecule has 0 aliphatic carbocycles. The van der Waals surface area contributed by atoms with E-state index in [4.69, 9.17) is 4.74 Å². The lowest BCUT2D eigenvalue weighted by atomic mass is 10.0. The van der Waals surface area contributed by atoms with Crippen LogP contribution in [0.3, 0.4) is 0 Å². The van der Waals surface area contributed by atoms with Gasteiger partial charge in [0.1, 0.15) is 5.75 Å². The molecule has 0 fully saturated rings. The second kappa shape index (κ2) is 6.92. The molecular weight excluding hydrogens is 266 g/mol. The van der Waals surface area contributed by atoms with Crippen LogP contribution in [0.5, 0.6) is 5.75 Å². The summed E-state index contributed by atoms with van der Waals surface area (Å²) < 4.78 is 5.58. The number of benzene rings is 1. The van der Waals surface area contributed by atoms with Crippen molar-refractivity contribution in [2.24, 2.45) is 0 Å². The summed E-state index contributed by atoms with van der Waals surface area (Å²) >= 11 is 0. The van der Waals surface area contributed by atoms with Gasteiger partial charge in [-0.15, -0.1) is 0 Å². The molecule has 0 bridgehead atoms. The Kier molecular flexibility index (Phi) is 4.98. The zero-order valence-corrected chi connectivity index (χ0v) is 12.7. The summed E-state index contributed by atoms with van der Waals surface area (Å²) in [6.07, 6.45) is 3.48. The van der Waals surface area contributed by atoms with Crippen molar-refractivity contribution < 1.29 is 9.53 Å². The van der Waals surface area contributed by atoms with Crippen LogP contribution >= 0.6 is 0 Å². The zero-order valence-electron chi connectivity index (χ0n) is 12.7. The number of nitrogens with one attached hydrogen (secondary N) is 1. The topological polar surface area (TPSA) is 58.2 Å². The molecule has 1 heterocycles. The van der Waals surface area contributed by atoms with Crippen LogP contribution in [0.15, 0.2) is 36.7 Å². The maximum absolute atomic E-state index is 12.0. The Bertz CT molecular complexity index is 579. The molecule has 1 aromatic carbocycles. The number of likely N-dealkylation sites (N-methyl/N-ethyl adjacent to an activating group) is 1. The molecule has 0 aliphatic rings. The van der Waals surface area contributed by atoms with Crippen molar-refractivity contribution in [2.45, 2.75) is 26.3 Å². The number of ether oxygens (including phenoxy) is 1. The van der Waals surface area contributed by atoms with Gasteiger partial charge in [-0.05, 0) is 23.6 Å². The second-order valence-corrected chi connectivity index (χ2v) is 5.37. The predicted molar refractivity (Wildman–Crippen MR) is 81.1 cm³/mol. The number of carbonyl (C=O) groups excluding carboxylic acids is 1. The van der Waals surface area contributed by atoms with Gasteiger partial charge in [0.25, 0.3) is 5.91 Å². The van der Waals surface area contributed by atoms with Crippen molar-refractivity contribution in [3.63, 3.8) is 0 Å². The molecule has 0 saturated heterocycles. The Morgan fingerprint density at radius 1 is 1.43 bits per heavy atom. The molecule has 1 aromatic heterocycles. The van der Waals surface area contributed by atoms with Crippen LogP contribution in [0.25, 0.3) is 0 Å². The number of H-pyrrole nitrogens is 1. The average molecular weight is 287 g/mol. The third-order valence-corrected chi connectivity index (χ3v) is 3.29. The Morgan fingerprint density at radius 2 is 2.24 bits per heavy atom. The molecule has 5 heteroatoms. The summed E-state index contributed by atoms with van der Waals surface area (Å²) in [5.74, 6) is 1.10. The Hall–Kier alpha value is -2.30. The van der Waals surface area contributed by atoms with Crippen LogP contribution in [0.2, 0.25) is 0 Å². The first-order chi connectivity index (χ1) is 10.1. The molecule has 0 spiro atoms. The summed E-state index contributed by atoms with van der Waals surface area (Å²) in [6, 6.07) is 7.86. The average Bonchev–Trinajstić information content (AvgIpc) is 2.97. The highest BCUT2D eigenvalue weighted by Crippen LogP contribution is 2.20. The minimum absolute atomic E-state index is 0.0376. The van der Waals surface area contributed by atoms with Crippen LogP contribution in [-0.2, 0) is 11.3 Å². The number of aromatic amines is 1. The Morgan fingerprint density at radius 3 is 2.90 bits per heavy atom. The highest BCUT2D eigenvalue weighted by atomic mass is 16.5. The lowest BCUT2D eigenvalue weighted by Crippen LogP contribution is -2.30. The third-order valence-electron chi connectivity index (χ3n) is 3.29. The summed E-state index contributed by atoms with van der Waals surface area (Å²) in [6.45, 7) is 4.81. The van der Waals surface area contributed by atoms with E-state index in [0.717, 1.165) is 11.3 Å². The van der Waals surface area contributed by atoms with Crippen LogP contribution in [-0.4, -0.2) is 34.7 Å². The van der Waals surface area contributed by atoms with Crippen molar-refractivity contribution in [2.75, 3.05) is 13.7 Å². The monoisotopic (exact) mass is 287 g/mol. The van der Waals surface area contributed by atoms with E-state index in [1.54, 1.807) is 24.3 Å². The van der Waals surface area contributed by atoms with E-state index in [0.29, 0.717) is 12.5 Å². The van der Waals surface area contributed by atoms with Crippen molar-refractivity contribution in [1.29, 1.82) is 0 Å². The maximum Gasteiger partial charge on any atom is 0.260 e. The number of nitrogens with zero attached hydrogens (tertiary/aromatic N) is 2. The van der Waals surface area contributed by atoms with Gasteiger partial charge in [0, 0.05) is 25.4 Å². The fraction of sp³-hybridized carbons (Fsp3) is 0.375. The first-order valence-corrected chi connectivity index (χ1v) is 7.00. The highest BCUT2D eigenvalue weighted by molar-refractivity contribution is 5.77. The van der Waals surface area contributed by atoms with Crippen molar-refractivity contribution in [3.8, 4) is 5.75 Å². The summed E-state index contributed by atoms with van der Waals surface area (Å²) in [5.41, 5.74) is 2.17. The van der Waals surface area contributed by atoms with Gasteiger partial charge in [-0.2, -0.15) is 5.10 Å². The molecule has 2 aromatic rings. The van der Waals surface area contributed by atoms with Crippen LogP contribution in [0.1, 0.15) is 30.9 Å². The van der Waals surface area contributed by atoms with Crippen LogP contribution < -0.4 is 4.74 Å². The highest BCUT2D eigenvalue weighted by Gasteiger charge is 2.11. The second-order valence-electron chi connectivity index (χ2n) is 5.37. The molecule has 5 nitrogen and oxygen atoms in total. The molecular formula is C16H21N3O2. The van der Waals surface area contributed by atoms with Gasteiger partial charge in [0.05, 0.1) is 6.20 Å². The molecule has 0 atom stereocenters. The molecule has 0 aliphatic heterocycles. The Labute approximate surface area is 124 Å². The van der Waals surface area contributed by atoms with E-state index in [2.05, 4.69) is 30.1 Å². The van der Waals surface area contributed by atoms with E-state index < -0.39 is 0 Å². The smallest absolute Gasteiger partial charge is 0.260 e. The van der Waals surface area contributed by atoms with Gasteiger partial charge in [-0.1, -0.05) is 26.0 Å². The molecule has 2 rings (SSSR count). The molecule has 0 saturated carbocycles. The molecule has 1 amide bonds. The van der Waals surface area contributed by atoms with E-state index in [-0.39, 0.29) is 12.5 Å². The van der Waals surface area contributed by atoms with Gasteiger partial charge in [-0.25, -0.2) is 0 Å². The normalized spacial score (nSPS) is 10.7. The van der Waals surface area contributed by atoms with Gasteiger partial charge in [0.15, 0.2) is 6.61 Å². The molecule has 0 unspecified atom stereocenters. The zero-order chi connectivity index (χ0) is 15.2. The SMILES string of the molecule is CC(C)c1cccc(OCC(=O)N(C)Cc2cn[nH]c2)c1. The number of rotatable bonds is 6. The third kappa shape index (κ3) is 4.34. The van der Waals surface area contributed by atoms with E-state index in [1.807, 2.05) is 18.2 Å². The maximum atomic E-state index is 12.0. The quantitative estimate of drug-likeness (QED) is 0.888. The number of hydrogen-bond acceptors (Lipinski definition) is 3. The summed E-state index contributed by atoms with van der Waals surface area (Å²) in [4.78, 5) is 13.7. The van der Waals surface area contributed by atoms with Gasteiger partial charge in [-0.3, -0.25) is 9.89 Å². The van der Waals surface area contributed by atoms with Crippen molar-refractivity contribution >= 4 is 5.91 Å². The summed E-state index contributed by atoms with van der Waals surface area (Å²) in [7, 11) is 1.75. The number of aromatic nitrogens is 2. The Balaban J connectivity index is 1.87. The standard InChI is InChI=1S/C16H21N3O2/c1-12(2)14-5-4-6-15(7-14)21-11-16(20)19(3)10-13-8-17-18-9-13/h4-9,12H,10-11H2,1-3H3,(H,17,18). The number of hydrogen-bond donors (Lipinski definition) is 1. The minimum atomic E-state index is -0.0637. The van der Waals surface area contributed by atoms with E-state index in [1.165, 1.54) is 5.56 Å². The van der Waals surface area contributed by atoms with Gasteiger partial charge < -0.3 is 9.64 Å². The molecule has 0 radical (unpaired) electrons.